The summed E-state index contributed by atoms with van der Waals surface area (Å²) >= 11 is 0. The Morgan fingerprint density at radius 1 is 0.525 bits per heavy atom. The molecule has 8 heteroatoms. The number of unbranched alkanes of at least 4 members (excludes halogenated alkanes) is 12. The number of carbonyl (C=O) groups is 3. The van der Waals surface area contributed by atoms with Gasteiger partial charge in [0.1, 0.15) is 12.6 Å². The van der Waals surface area contributed by atoms with Crippen LogP contribution in [-0.2, 0) is 28.6 Å². The molecule has 0 aliphatic heterocycles. The van der Waals surface area contributed by atoms with Gasteiger partial charge in [0.15, 0.2) is 6.10 Å². The molecule has 0 aromatic heterocycles. The van der Waals surface area contributed by atoms with E-state index in [0.29, 0.717) is 12.8 Å². The molecule has 0 aliphatic rings. The molecule has 0 fully saturated rings. The number of hydrogen-bond donors (Lipinski definition) is 0. The highest BCUT2D eigenvalue weighted by Gasteiger charge is 2.25. The molecule has 8 nitrogen and oxygen atoms in total. The third-order valence-electron chi connectivity index (χ3n) is 9.80. The zero-order chi connectivity index (χ0) is 43.5. The van der Waals surface area contributed by atoms with Crippen molar-refractivity contribution < 1.29 is 38.2 Å². The third kappa shape index (κ3) is 39.7. The Labute approximate surface area is 361 Å². The van der Waals surface area contributed by atoms with E-state index in [1.807, 2.05) is 0 Å². The normalized spacial score (nSPS) is 13.7. The molecule has 0 aromatic carbocycles. The second-order valence-corrected chi connectivity index (χ2v) is 16.3. The lowest BCUT2D eigenvalue weighted by molar-refractivity contribution is -0.889. The number of quaternary nitrogens is 1. The van der Waals surface area contributed by atoms with E-state index in [0.717, 1.165) is 70.6 Å². The maximum absolute atomic E-state index is 12.7. The number of carbonyl (C=O) groups excluding carboxylic acids is 3. The Balaban J connectivity index is 4.40. The summed E-state index contributed by atoms with van der Waals surface area (Å²) in [5.74, 6) is -1.82. The molecule has 59 heavy (non-hydrogen) atoms. The average Bonchev–Trinajstić information content (AvgIpc) is 3.19. The summed E-state index contributed by atoms with van der Waals surface area (Å²) in [6.45, 7) is 4.47. The SMILES string of the molecule is CC/C=C/C/C=C/C/C=C/C/C=C/C/C=C/C/C=C/C/C=C/CCCC(=O)OCC(COCCC(C(=O)[O-])[N+](C)(C)C)OC(=O)CCCCCCCCCCCCCC. The molecular weight excluding hydrogens is 739 g/mol. The van der Waals surface area contributed by atoms with E-state index in [1.54, 1.807) is 21.1 Å². The summed E-state index contributed by atoms with van der Waals surface area (Å²) in [6.07, 6.45) is 53.3. The fraction of sp³-hybridized carbons (Fsp3) is 0.667. The van der Waals surface area contributed by atoms with Crippen LogP contribution in [0.4, 0.5) is 0 Å². The first-order chi connectivity index (χ1) is 28.6. The van der Waals surface area contributed by atoms with E-state index >= 15 is 0 Å². The number of carboxylic acid groups (broad SMARTS) is 1. The van der Waals surface area contributed by atoms with Crippen molar-refractivity contribution >= 4 is 17.9 Å². The first-order valence-electron chi connectivity index (χ1n) is 23.1. The van der Waals surface area contributed by atoms with Gasteiger partial charge in [0.2, 0.25) is 0 Å². The summed E-state index contributed by atoms with van der Waals surface area (Å²) in [7, 11) is 5.38. The first-order valence-corrected chi connectivity index (χ1v) is 23.1. The zero-order valence-corrected chi connectivity index (χ0v) is 38.1. The maximum atomic E-state index is 12.7. The van der Waals surface area contributed by atoms with Gasteiger partial charge in [-0.1, -0.05) is 170 Å². The van der Waals surface area contributed by atoms with Crippen LogP contribution in [0.1, 0.15) is 168 Å². The fourth-order valence-electron chi connectivity index (χ4n) is 6.24. The lowest BCUT2D eigenvalue weighted by atomic mass is 10.0. The van der Waals surface area contributed by atoms with Crippen molar-refractivity contribution in [1.29, 1.82) is 0 Å². The molecule has 0 aliphatic carbocycles. The molecule has 2 unspecified atom stereocenters. The van der Waals surface area contributed by atoms with Gasteiger partial charge in [-0.05, 0) is 64.2 Å². The molecule has 2 atom stereocenters. The molecule has 336 valence electrons. The smallest absolute Gasteiger partial charge is 0.306 e. The van der Waals surface area contributed by atoms with Crippen molar-refractivity contribution in [2.45, 2.75) is 180 Å². The number of aliphatic carboxylic acids is 1. The van der Waals surface area contributed by atoms with Crippen LogP contribution in [0.5, 0.6) is 0 Å². The van der Waals surface area contributed by atoms with Crippen LogP contribution in [-0.4, -0.2) is 75.5 Å². The van der Waals surface area contributed by atoms with Crippen LogP contribution >= 0.6 is 0 Å². The third-order valence-corrected chi connectivity index (χ3v) is 9.80. The van der Waals surface area contributed by atoms with Gasteiger partial charge in [-0.3, -0.25) is 9.59 Å². The second kappa shape index (κ2) is 41.3. The van der Waals surface area contributed by atoms with Gasteiger partial charge in [0.05, 0.1) is 40.3 Å². The van der Waals surface area contributed by atoms with E-state index in [1.165, 1.54) is 57.8 Å². The molecule has 0 N–H and O–H groups in total. The molecule has 0 amide bonds. The first kappa shape index (κ1) is 55.5. The standard InChI is InChI=1S/C51H85NO7/c1-6-8-10-12-14-16-18-20-21-22-23-24-25-26-27-28-29-30-32-33-35-37-39-41-49(53)58-46-47(45-57-44-43-48(51(55)56)52(3,4)5)59-50(54)42-40-38-36-34-31-19-17-15-13-11-9-7-2/h8,10,14,16,20-21,23-24,26-27,29-30,33,35,47-48H,6-7,9,11-13,15,17-19,22,25,28,31-32,34,36-46H2,1-5H3/b10-8+,16-14+,21-20+,24-23+,27-26+,30-29+,35-33+. The van der Waals surface area contributed by atoms with E-state index in [2.05, 4.69) is 98.9 Å². The zero-order valence-electron chi connectivity index (χ0n) is 38.1. The predicted octanol–water partition coefficient (Wildman–Crippen LogP) is 11.6. The summed E-state index contributed by atoms with van der Waals surface area (Å²) in [4.78, 5) is 36.8. The maximum Gasteiger partial charge on any atom is 0.306 e. The molecule has 0 heterocycles. The van der Waals surface area contributed by atoms with Crippen LogP contribution in [0, 0.1) is 0 Å². The number of hydrogen-bond acceptors (Lipinski definition) is 7. The summed E-state index contributed by atoms with van der Waals surface area (Å²) in [6, 6.07) is -0.737. The lowest BCUT2D eigenvalue weighted by Crippen LogP contribution is -2.55. The Morgan fingerprint density at radius 3 is 1.39 bits per heavy atom. The molecular formula is C51H85NO7. The molecule has 0 radical (unpaired) electrons. The van der Waals surface area contributed by atoms with Gasteiger partial charge in [-0.25, -0.2) is 0 Å². The number of likely N-dealkylation sites (N-methyl/N-ethyl adjacent to an activating group) is 1. The average molecular weight is 824 g/mol. The highest BCUT2D eigenvalue weighted by molar-refractivity contribution is 5.70. The van der Waals surface area contributed by atoms with Gasteiger partial charge in [0, 0.05) is 19.3 Å². The Morgan fingerprint density at radius 2 is 0.949 bits per heavy atom. The van der Waals surface area contributed by atoms with Crippen molar-refractivity contribution in [3.8, 4) is 0 Å². The fourth-order valence-corrected chi connectivity index (χ4v) is 6.24. The summed E-state index contributed by atoms with van der Waals surface area (Å²) < 4.78 is 17.1. The van der Waals surface area contributed by atoms with E-state index in [4.69, 9.17) is 14.2 Å². The number of carboxylic acids is 1. The highest BCUT2D eigenvalue weighted by atomic mass is 16.6. The van der Waals surface area contributed by atoms with Crippen LogP contribution < -0.4 is 5.11 Å². The predicted molar refractivity (Wildman–Crippen MR) is 245 cm³/mol. The van der Waals surface area contributed by atoms with Crippen molar-refractivity contribution in [1.82, 2.24) is 0 Å². The van der Waals surface area contributed by atoms with E-state index < -0.39 is 18.1 Å². The van der Waals surface area contributed by atoms with Gasteiger partial charge < -0.3 is 28.6 Å². The summed E-state index contributed by atoms with van der Waals surface area (Å²) in [5.41, 5.74) is 0. The lowest BCUT2D eigenvalue weighted by Gasteiger charge is -2.34. The molecule has 0 saturated heterocycles. The Kier molecular flexibility index (Phi) is 38.8. The minimum atomic E-state index is -1.14. The molecule has 0 bridgehead atoms. The van der Waals surface area contributed by atoms with Gasteiger partial charge >= 0.3 is 11.9 Å². The number of allylic oxidation sites excluding steroid dienone is 14. The summed E-state index contributed by atoms with van der Waals surface area (Å²) in [5, 5.41) is 11.6. The van der Waals surface area contributed by atoms with Crippen LogP contribution in [0.15, 0.2) is 85.1 Å². The number of esters is 2. The van der Waals surface area contributed by atoms with Gasteiger partial charge in [-0.15, -0.1) is 0 Å². The number of nitrogens with zero attached hydrogens (tertiary/aromatic N) is 1. The molecule has 0 aromatic rings. The number of rotatable bonds is 40. The Hall–Kier alpha value is -3.49. The van der Waals surface area contributed by atoms with Crippen LogP contribution in [0.25, 0.3) is 0 Å². The van der Waals surface area contributed by atoms with Crippen molar-refractivity contribution in [2.75, 3.05) is 41.0 Å². The van der Waals surface area contributed by atoms with Crippen molar-refractivity contribution in [3.05, 3.63) is 85.1 Å². The minimum Gasteiger partial charge on any atom is -0.544 e. The Bertz CT molecular complexity index is 1240. The van der Waals surface area contributed by atoms with Gasteiger partial charge in [0.25, 0.3) is 0 Å². The molecule has 0 spiro atoms. The van der Waals surface area contributed by atoms with Crippen LogP contribution in [0.3, 0.4) is 0 Å². The largest absolute Gasteiger partial charge is 0.544 e. The minimum absolute atomic E-state index is 0.0196. The van der Waals surface area contributed by atoms with Crippen LogP contribution in [0.2, 0.25) is 0 Å². The quantitative estimate of drug-likeness (QED) is 0.0262. The molecule has 0 rings (SSSR count). The van der Waals surface area contributed by atoms with E-state index in [-0.39, 0.29) is 49.1 Å². The van der Waals surface area contributed by atoms with Crippen molar-refractivity contribution in [3.63, 3.8) is 0 Å². The monoisotopic (exact) mass is 824 g/mol. The topological polar surface area (TPSA) is 102 Å². The highest BCUT2D eigenvalue weighted by Crippen LogP contribution is 2.14. The second-order valence-electron chi connectivity index (χ2n) is 16.3. The van der Waals surface area contributed by atoms with Crippen molar-refractivity contribution in [2.24, 2.45) is 0 Å². The van der Waals surface area contributed by atoms with Gasteiger partial charge in [-0.2, -0.15) is 0 Å². The van der Waals surface area contributed by atoms with E-state index in [9.17, 15) is 19.5 Å². The number of ether oxygens (including phenoxy) is 3. The molecule has 0 saturated carbocycles.